The molecule has 2 aliphatic carbocycles. The Morgan fingerprint density at radius 2 is 2.00 bits per heavy atom. The third-order valence-electron chi connectivity index (χ3n) is 9.00. The van der Waals surface area contributed by atoms with Gasteiger partial charge in [0, 0.05) is 24.7 Å². The molecule has 0 aromatic carbocycles. The average Bonchev–Trinajstić information content (AvgIpc) is 3.00. The van der Waals surface area contributed by atoms with E-state index >= 15 is 0 Å². The zero-order valence-corrected chi connectivity index (χ0v) is 18.1. The van der Waals surface area contributed by atoms with Crippen LogP contribution in [-0.2, 0) is 4.79 Å². The van der Waals surface area contributed by atoms with E-state index < -0.39 is 0 Å². The maximum absolute atomic E-state index is 12.8. The summed E-state index contributed by atoms with van der Waals surface area (Å²) in [6.07, 6.45) is 15.2. The summed E-state index contributed by atoms with van der Waals surface area (Å²) < 4.78 is 5.44. The number of pyridine rings is 1. The summed E-state index contributed by atoms with van der Waals surface area (Å²) in [7, 11) is 1.71. The third-order valence-corrected chi connectivity index (χ3v) is 9.00. The molecule has 2 saturated heterocycles. The molecule has 1 aromatic rings. The van der Waals surface area contributed by atoms with Gasteiger partial charge < -0.3 is 9.64 Å². The van der Waals surface area contributed by atoms with Crippen LogP contribution in [0, 0.1) is 23.2 Å². The molecular formula is C25H34N2O2. The molecule has 4 heteroatoms. The number of ether oxygens (including phenoxy) is 1. The van der Waals surface area contributed by atoms with E-state index in [0.717, 1.165) is 31.6 Å². The quantitative estimate of drug-likeness (QED) is 0.701. The lowest BCUT2D eigenvalue weighted by Gasteiger charge is -2.59. The van der Waals surface area contributed by atoms with Crippen molar-refractivity contribution >= 4 is 11.5 Å². The van der Waals surface area contributed by atoms with E-state index in [4.69, 9.17) is 4.74 Å². The zero-order valence-electron chi connectivity index (χ0n) is 18.1. The van der Waals surface area contributed by atoms with Crippen LogP contribution in [0.5, 0.6) is 5.75 Å². The molecule has 5 atom stereocenters. The highest BCUT2D eigenvalue weighted by atomic mass is 16.5. The van der Waals surface area contributed by atoms with Crippen molar-refractivity contribution in [1.29, 1.82) is 0 Å². The number of allylic oxidation sites excluding steroid dienone is 2. The SMILES string of the molecule is COc1cncc(C2=CC[C@H]3[C@@H]4CCN5C(=O)CCCC[C@]5(C)[C@H]4CC[C@]23C)c1. The molecule has 0 bridgehead atoms. The van der Waals surface area contributed by atoms with E-state index in [2.05, 4.69) is 35.9 Å². The molecule has 0 spiro atoms. The lowest BCUT2D eigenvalue weighted by Crippen LogP contribution is -2.62. The van der Waals surface area contributed by atoms with Crippen molar-refractivity contribution in [2.75, 3.05) is 13.7 Å². The standard InChI is InChI=1S/C25H34N2O2/c1-24-12-9-22-19(10-13-27-23(28)6-4-5-11-25(22,27)2)21(24)8-7-20(24)17-14-18(29-3)16-26-15-17/h7,14-16,19,21-22H,4-6,8-13H2,1-3H3/t19-,21-,22-,24+,25+/m0/s1. The van der Waals surface area contributed by atoms with E-state index in [0.29, 0.717) is 23.7 Å². The molecule has 3 fully saturated rings. The van der Waals surface area contributed by atoms with E-state index in [1.54, 1.807) is 13.3 Å². The van der Waals surface area contributed by atoms with Gasteiger partial charge in [0.1, 0.15) is 5.75 Å². The van der Waals surface area contributed by atoms with Gasteiger partial charge in [-0.25, -0.2) is 0 Å². The highest BCUT2D eigenvalue weighted by Crippen LogP contribution is 2.63. The van der Waals surface area contributed by atoms with Gasteiger partial charge in [0.05, 0.1) is 13.3 Å². The van der Waals surface area contributed by atoms with Crippen LogP contribution in [0.25, 0.3) is 5.57 Å². The first-order chi connectivity index (χ1) is 14.0. The van der Waals surface area contributed by atoms with Crippen LogP contribution < -0.4 is 4.74 Å². The maximum atomic E-state index is 12.8. The minimum atomic E-state index is 0.0676. The molecule has 29 heavy (non-hydrogen) atoms. The Bertz CT molecular complexity index is 849. The molecule has 156 valence electrons. The first-order valence-electron chi connectivity index (χ1n) is 11.5. The highest BCUT2D eigenvalue weighted by molar-refractivity contribution is 5.78. The van der Waals surface area contributed by atoms with Crippen molar-refractivity contribution in [2.45, 2.75) is 70.8 Å². The summed E-state index contributed by atoms with van der Waals surface area (Å²) in [5.74, 6) is 3.28. The molecule has 1 saturated carbocycles. The van der Waals surface area contributed by atoms with Gasteiger partial charge in [-0.15, -0.1) is 0 Å². The fourth-order valence-corrected chi connectivity index (χ4v) is 7.51. The molecule has 0 unspecified atom stereocenters. The van der Waals surface area contributed by atoms with Crippen LogP contribution in [0.3, 0.4) is 0 Å². The van der Waals surface area contributed by atoms with Gasteiger partial charge in [-0.3, -0.25) is 9.78 Å². The second-order valence-corrected chi connectivity index (χ2v) is 10.2. The van der Waals surface area contributed by atoms with Crippen molar-refractivity contribution in [3.63, 3.8) is 0 Å². The highest BCUT2D eigenvalue weighted by Gasteiger charge is 2.58. The minimum Gasteiger partial charge on any atom is -0.495 e. The lowest BCUT2D eigenvalue weighted by molar-refractivity contribution is -0.150. The molecule has 2 aliphatic heterocycles. The number of rotatable bonds is 2. The number of nitrogens with zero attached hydrogens (tertiary/aromatic N) is 2. The molecule has 3 heterocycles. The number of amides is 1. The second-order valence-electron chi connectivity index (χ2n) is 10.2. The number of fused-ring (bicyclic) bond motifs is 5. The van der Waals surface area contributed by atoms with Gasteiger partial charge >= 0.3 is 0 Å². The van der Waals surface area contributed by atoms with E-state index in [1.807, 2.05) is 6.20 Å². The van der Waals surface area contributed by atoms with Crippen LogP contribution >= 0.6 is 0 Å². The molecule has 5 rings (SSSR count). The Hall–Kier alpha value is -1.84. The van der Waals surface area contributed by atoms with Crippen molar-refractivity contribution in [3.05, 3.63) is 30.1 Å². The van der Waals surface area contributed by atoms with Crippen LogP contribution in [-0.4, -0.2) is 35.0 Å². The number of hydrogen-bond donors (Lipinski definition) is 0. The predicted molar refractivity (Wildman–Crippen MR) is 114 cm³/mol. The Morgan fingerprint density at radius 1 is 1.14 bits per heavy atom. The molecular weight excluding hydrogens is 360 g/mol. The van der Waals surface area contributed by atoms with Crippen molar-refractivity contribution in [2.24, 2.45) is 23.2 Å². The van der Waals surface area contributed by atoms with Crippen LogP contribution in [0.15, 0.2) is 24.5 Å². The fourth-order valence-electron chi connectivity index (χ4n) is 7.51. The fraction of sp³-hybridized carbons (Fsp3) is 0.680. The van der Waals surface area contributed by atoms with E-state index in [1.165, 1.54) is 43.2 Å². The van der Waals surface area contributed by atoms with Crippen LogP contribution in [0.1, 0.15) is 70.8 Å². The number of methoxy groups -OCH3 is 1. The Labute approximate surface area is 174 Å². The second kappa shape index (κ2) is 6.85. The molecule has 0 radical (unpaired) electrons. The zero-order chi connectivity index (χ0) is 20.2. The number of carbonyl (C=O) groups excluding carboxylic acids is 1. The number of hydrogen-bond acceptors (Lipinski definition) is 3. The molecule has 4 aliphatic rings. The van der Waals surface area contributed by atoms with E-state index in [-0.39, 0.29) is 11.0 Å². The molecule has 1 amide bonds. The van der Waals surface area contributed by atoms with Crippen molar-refractivity contribution in [3.8, 4) is 5.75 Å². The Balaban J connectivity index is 1.45. The van der Waals surface area contributed by atoms with Crippen molar-refractivity contribution in [1.82, 2.24) is 9.88 Å². The van der Waals surface area contributed by atoms with Crippen LogP contribution in [0.4, 0.5) is 0 Å². The summed E-state index contributed by atoms with van der Waals surface area (Å²) in [6.45, 7) is 5.85. The van der Waals surface area contributed by atoms with E-state index in [9.17, 15) is 4.79 Å². The molecule has 4 nitrogen and oxygen atoms in total. The van der Waals surface area contributed by atoms with Gasteiger partial charge in [0.2, 0.25) is 5.91 Å². The predicted octanol–water partition coefficient (Wildman–Crippen LogP) is 5.09. The normalized spacial score (nSPS) is 39.1. The smallest absolute Gasteiger partial charge is 0.223 e. The first kappa shape index (κ1) is 19.1. The average molecular weight is 395 g/mol. The largest absolute Gasteiger partial charge is 0.495 e. The monoisotopic (exact) mass is 394 g/mol. The van der Waals surface area contributed by atoms with Gasteiger partial charge in [0.15, 0.2) is 0 Å². The van der Waals surface area contributed by atoms with Gasteiger partial charge in [-0.05, 0) is 85.8 Å². The number of piperidine rings is 1. The first-order valence-corrected chi connectivity index (χ1v) is 11.5. The lowest BCUT2D eigenvalue weighted by atomic mass is 9.52. The Morgan fingerprint density at radius 3 is 2.83 bits per heavy atom. The summed E-state index contributed by atoms with van der Waals surface area (Å²) >= 11 is 0. The summed E-state index contributed by atoms with van der Waals surface area (Å²) in [6, 6.07) is 2.15. The molecule has 1 aromatic heterocycles. The molecule has 0 N–H and O–H groups in total. The summed E-state index contributed by atoms with van der Waals surface area (Å²) in [4.78, 5) is 19.5. The Kier molecular flexibility index (Phi) is 4.52. The third kappa shape index (κ3) is 2.78. The van der Waals surface area contributed by atoms with Crippen LogP contribution in [0.2, 0.25) is 0 Å². The summed E-state index contributed by atoms with van der Waals surface area (Å²) in [5.41, 5.74) is 2.97. The number of aromatic nitrogens is 1. The van der Waals surface area contributed by atoms with Gasteiger partial charge in [-0.2, -0.15) is 0 Å². The maximum Gasteiger partial charge on any atom is 0.223 e. The van der Waals surface area contributed by atoms with Gasteiger partial charge in [0.25, 0.3) is 0 Å². The van der Waals surface area contributed by atoms with Crippen molar-refractivity contribution < 1.29 is 9.53 Å². The topological polar surface area (TPSA) is 42.4 Å². The van der Waals surface area contributed by atoms with Gasteiger partial charge in [-0.1, -0.05) is 19.4 Å². The number of carbonyl (C=O) groups is 1. The minimum absolute atomic E-state index is 0.0676. The summed E-state index contributed by atoms with van der Waals surface area (Å²) in [5, 5.41) is 0.